The number of nitrogens with zero attached hydrogens (tertiary/aromatic N) is 1. The molecule has 0 atom stereocenters. The summed E-state index contributed by atoms with van der Waals surface area (Å²) in [7, 11) is 0. The van der Waals surface area contributed by atoms with Crippen molar-refractivity contribution in [2.24, 2.45) is 0 Å². The topological polar surface area (TPSA) is 3.24 Å². The van der Waals surface area contributed by atoms with Crippen molar-refractivity contribution < 1.29 is 0 Å². The van der Waals surface area contributed by atoms with Gasteiger partial charge in [-0.2, -0.15) is 0 Å². The van der Waals surface area contributed by atoms with E-state index in [-0.39, 0.29) is 0 Å². The van der Waals surface area contributed by atoms with Gasteiger partial charge in [-0.15, -0.1) is 0 Å². The maximum atomic E-state index is 4.63. The highest BCUT2D eigenvalue weighted by molar-refractivity contribution is 7.82. The van der Waals surface area contributed by atoms with Gasteiger partial charge in [0.05, 0.1) is 11.4 Å². The molecule has 0 unspecified atom stereocenters. The second kappa shape index (κ2) is 4.84. The predicted molar refractivity (Wildman–Crippen MR) is 78.2 cm³/mol. The number of anilines is 2. The average Bonchev–Trinajstić information content (AvgIpc) is 2.28. The molecule has 2 rings (SSSR count). The van der Waals surface area contributed by atoms with Crippen molar-refractivity contribution >= 4 is 24.2 Å². The summed E-state index contributed by atoms with van der Waals surface area (Å²) in [6.07, 6.45) is 0. The summed E-state index contributed by atoms with van der Waals surface area (Å²) >= 11 is 4.63. The zero-order chi connectivity index (χ0) is 12.4. The van der Waals surface area contributed by atoms with Gasteiger partial charge in [-0.3, -0.25) is 4.31 Å². The van der Waals surface area contributed by atoms with Crippen LogP contribution in [0.15, 0.2) is 42.5 Å². The highest BCUT2D eigenvalue weighted by Crippen LogP contribution is 2.33. The number of thiol groups is 1. The van der Waals surface area contributed by atoms with Gasteiger partial charge in [0.25, 0.3) is 0 Å². The molecule has 0 bridgehead atoms. The summed E-state index contributed by atoms with van der Waals surface area (Å²) in [4.78, 5) is 0. The van der Waals surface area contributed by atoms with Gasteiger partial charge in [0, 0.05) is 0 Å². The fourth-order valence-electron chi connectivity index (χ4n) is 2.03. The molecule has 0 saturated heterocycles. The van der Waals surface area contributed by atoms with Crippen molar-refractivity contribution in [1.82, 2.24) is 0 Å². The minimum Gasteiger partial charge on any atom is -0.287 e. The molecule has 0 aliphatic rings. The Morgan fingerprint density at radius 1 is 0.882 bits per heavy atom. The number of benzene rings is 2. The second-order valence-corrected chi connectivity index (χ2v) is 4.79. The number of hydrogen-bond acceptors (Lipinski definition) is 2. The fraction of sp³-hybridized carbons (Fsp3) is 0.200. The van der Waals surface area contributed by atoms with Crippen LogP contribution in [0, 0.1) is 20.8 Å². The molecule has 0 spiro atoms. The largest absolute Gasteiger partial charge is 0.287 e. The fourth-order valence-corrected chi connectivity index (χ4v) is 2.47. The van der Waals surface area contributed by atoms with Gasteiger partial charge in [-0.1, -0.05) is 43.1 Å². The number of rotatable bonds is 2. The standard InChI is InChI=1S/C15H17NS/c1-11-6-4-9-14(10-11)16(17)15-12(2)7-5-8-13(15)3/h4-10,17H,1-3H3. The van der Waals surface area contributed by atoms with Crippen LogP contribution >= 0.6 is 12.8 Å². The predicted octanol–water partition coefficient (Wildman–Crippen LogP) is 4.59. The Kier molecular flexibility index (Phi) is 3.43. The molecule has 1 nitrogen and oxygen atoms in total. The zero-order valence-corrected chi connectivity index (χ0v) is 11.3. The van der Waals surface area contributed by atoms with Crippen molar-refractivity contribution in [2.75, 3.05) is 4.31 Å². The molecule has 0 aliphatic heterocycles. The average molecular weight is 243 g/mol. The summed E-state index contributed by atoms with van der Waals surface area (Å²) in [5.74, 6) is 0. The van der Waals surface area contributed by atoms with Gasteiger partial charge in [-0.05, 0) is 49.6 Å². The van der Waals surface area contributed by atoms with Crippen LogP contribution < -0.4 is 4.31 Å². The summed E-state index contributed by atoms with van der Waals surface area (Å²) in [5, 5.41) is 0. The Hall–Kier alpha value is -1.41. The minimum atomic E-state index is 1.10. The van der Waals surface area contributed by atoms with E-state index >= 15 is 0 Å². The third kappa shape index (κ3) is 2.47. The van der Waals surface area contributed by atoms with Crippen molar-refractivity contribution in [1.29, 1.82) is 0 Å². The van der Waals surface area contributed by atoms with Crippen LogP contribution in [0.2, 0.25) is 0 Å². The van der Waals surface area contributed by atoms with Gasteiger partial charge in [-0.25, -0.2) is 0 Å². The Morgan fingerprint density at radius 3 is 2.06 bits per heavy atom. The highest BCUT2D eigenvalue weighted by Gasteiger charge is 2.10. The van der Waals surface area contributed by atoms with E-state index in [2.05, 4.69) is 76.1 Å². The van der Waals surface area contributed by atoms with Gasteiger partial charge >= 0.3 is 0 Å². The van der Waals surface area contributed by atoms with E-state index < -0.39 is 0 Å². The number of aryl methyl sites for hydroxylation is 3. The molecule has 0 heterocycles. The summed E-state index contributed by atoms with van der Waals surface area (Å²) in [5.41, 5.74) is 5.99. The normalized spacial score (nSPS) is 10.4. The van der Waals surface area contributed by atoms with Gasteiger partial charge in [0.2, 0.25) is 0 Å². The summed E-state index contributed by atoms with van der Waals surface area (Å²) in [6.45, 7) is 6.32. The monoisotopic (exact) mass is 243 g/mol. The molecule has 0 radical (unpaired) electrons. The van der Waals surface area contributed by atoms with Crippen LogP contribution in [0.5, 0.6) is 0 Å². The van der Waals surface area contributed by atoms with E-state index in [0.717, 1.165) is 5.69 Å². The van der Waals surface area contributed by atoms with E-state index in [4.69, 9.17) is 0 Å². The lowest BCUT2D eigenvalue weighted by Crippen LogP contribution is -2.05. The molecular weight excluding hydrogens is 226 g/mol. The Balaban J connectivity index is 2.47. The van der Waals surface area contributed by atoms with Gasteiger partial charge in [0.1, 0.15) is 0 Å². The first-order valence-electron chi connectivity index (χ1n) is 5.71. The van der Waals surface area contributed by atoms with Crippen LogP contribution in [0.3, 0.4) is 0 Å². The first-order valence-corrected chi connectivity index (χ1v) is 6.11. The van der Waals surface area contributed by atoms with Gasteiger partial charge < -0.3 is 0 Å². The van der Waals surface area contributed by atoms with Crippen LogP contribution in [0.4, 0.5) is 11.4 Å². The van der Waals surface area contributed by atoms with E-state index in [1.54, 1.807) is 0 Å². The van der Waals surface area contributed by atoms with E-state index in [1.807, 2.05) is 4.31 Å². The molecule has 2 heteroatoms. The summed E-state index contributed by atoms with van der Waals surface area (Å²) < 4.78 is 1.96. The third-order valence-electron chi connectivity index (χ3n) is 2.90. The molecule has 88 valence electrons. The minimum absolute atomic E-state index is 1.10. The molecule has 0 amide bonds. The lowest BCUT2D eigenvalue weighted by atomic mass is 10.1. The van der Waals surface area contributed by atoms with Gasteiger partial charge in [0.15, 0.2) is 0 Å². The van der Waals surface area contributed by atoms with Crippen LogP contribution in [-0.2, 0) is 0 Å². The SMILES string of the molecule is Cc1cccc(N(S)c2c(C)cccc2C)c1. The molecule has 0 fully saturated rings. The Bertz CT molecular complexity index is 514. The second-order valence-electron chi connectivity index (χ2n) is 4.39. The molecule has 0 saturated carbocycles. The number of hydrogen-bond donors (Lipinski definition) is 1. The lowest BCUT2D eigenvalue weighted by molar-refractivity contribution is 1.30. The molecular formula is C15H17NS. The van der Waals surface area contributed by atoms with Crippen LogP contribution in [-0.4, -0.2) is 0 Å². The van der Waals surface area contributed by atoms with Crippen molar-refractivity contribution in [2.45, 2.75) is 20.8 Å². The lowest BCUT2D eigenvalue weighted by Gasteiger charge is -2.22. The van der Waals surface area contributed by atoms with Crippen LogP contribution in [0.25, 0.3) is 0 Å². The molecule has 0 aliphatic carbocycles. The van der Waals surface area contributed by atoms with E-state index in [1.165, 1.54) is 22.4 Å². The first kappa shape index (κ1) is 12.1. The molecule has 17 heavy (non-hydrogen) atoms. The van der Waals surface area contributed by atoms with E-state index in [0.29, 0.717) is 0 Å². The van der Waals surface area contributed by atoms with Crippen molar-refractivity contribution in [3.05, 3.63) is 59.2 Å². The smallest absolute Gasteiger partial charge is 0.0581 e. The maximum absolute atomic E-state index is 4.63. The molecule has 2 aromatic carbocycles. The Morgan fingerprint density at radius 2 is 1.47 bits per heavy atom. The quantitative estimate of drug-likeness (QED) is 0.755. The zero-order valence-electron chi connectivity index (χ0n) is 10.4. The molecule has 0 aromatic heterocycles. The molecule has 0 N–H and O–H groups in total. The van der Waals surface area contributed by atoms with Crippen molar-refractivity contribution in [3.8, 4) is 0 Å². The summed E-state index contributed by atoms with van der Waals surface area (Å²) in [6, 6.07) is 14.7. The van der Waals surface area contributed by atoms with Crippen LogP contribution in [0.1, 0.15) is 16.7 Å². The van der Waals surface area contributed by atoms with E-state index in [9.17, 15) is 0 Å². The molecule has 2 aromatic rings. The highest BCUT2D eigenvalue weighted by atomic mass is 32.1. The Labute approximate surface area is 109 Å². The maximum Gasteiger partial charge on any atom is 0.0581 e. The number of para-hydroxylation sites is 1. The first-order chi connectivity index (χ1) is 8.09. The van der Waals surface area contributed by atoms with Crippen molar-refractivity contribution in [3.63, 3.8) is 0 Å². The third-order valence-corrected chi connectivity index (χ3v) is 3.33.